The maximum Gasteiger partial charge on any atom is 0.188 e. The van der Waals surface area contributed by atoms with E-state index in [1.165, 1.54) is 5.56 Å². The Morgan fingerprint density at radius 2 is 1.75 bits per heavy atom. The van der Waals surface area contributed by atoms with Crippen molar-refractivity contribution in [3.05, 3.63) is 59.7 Å². The first kappa shape index (κ1) is 21.6. The van der Waals surface area contributed by atoms with Crippen molar-refractivity contribution in [1.82, 2.24) is 10.2 Å². The fourth-order valence-corrected chi connectivity index (χ4v) is 2.93. The molecule has 0 heterocycles. The molecule has 0 aliphatic rings. The molecule has 6 heteroatoms. The fourth-order valence-electron chi connectivity index (χ4n) is 2.93. The van der Waals surface area contributed by atoms with E-state index >= 15 is 0 Å². The van der Waals surface area contributed by atoms with Crippen molar-refractivity contribution in [3.8, 4) is 11.5 Å². The summed E-state index contributed by atoms with van der Waals surface area (Å²) in [6.07, 6.45) is 1.76. The van der Waals surface area contributed by atoms with Crippen LogP contribution in [-0.4, -0.2) is 58.3 Å². The van der Waals surface area contributed by atoms with Crippen LogP contribution in [0.2, 0.25) is 0 Å². The van der Waals surface area contributed by atoms with Gasteiger partial charge in [-0.2, -0.15) is 0 Å². The first-order chi connectivity index (χ1) is 13.5. The Hall–Kier alpha value is -2.73. The van der Waals surface area contributed by atoms with Crippen molar-refractivity contribution >= 4 is 5.96 Å². The van der Waals surface area contributed by atoms with Crippen LogP contribution in [0.5, 0.6) is 11.5 Å². The van der Waals surface area contributed by atoms with Crippen molar-refractivity contribution in [1.29, 1.82) is 0 Å². The monoisotopic (exact) mass is 384 g/mol. The summed E-state index contributed by atoms with van der Waals surface area (Å²) in [5.41, 5.74) is 8.51. The van der Waals surface area contributed by atoms with E-state index in [0.29, 0.717) is 25.1 Å². The lowest BCUT2D eigenvalue weighted by Gasteiger charge is -2.23. The highest BCUT2D eigenvalue weighted by Crippen LogP contribution is 2.27. The van der Waals surface area contributed by atoms with Crippen LogP contribution in [0.4, 0.5) is 0 Å². The van der Waals surface area contributed by atoms with Gasteiger partial charge in [-0.05, 0) is 50.2 Å². The quantitative estimate of drug-likeness (QED) is 0.486. The van der Waals surface area contributed by atoms with Crippen LogP contribution in [0.25, 0.3) is 0 Å². The number of nitrogens with one attached hydrogen (secondary N) is 1. The van der Waals surface area contributed by atoms with E-state index in [-0.39, 0.29) is 0 Å². The maximum atomic E-state index is 6.06. The van der Waals surface area contributed by atoms with Crippen molar-refractivity contribution in [2.75, 3.05) is 41.4 Å². The number of aliphatic imine (C=N–C) groups is 1. The minimum absolute atomic E-state index is 0.300. The third kappa shape index (κ3) is 6.78. The molecule has 6 nitrogen and oxygen atoms in total. The molecule has 1 unspecified atom stereocenters. The summed E-state index contributed by atoms with van der Waals surface area (Å²) < 4.78 is 10.6. The standard InChI is InChI=1S/C22H32N4O2/c1-26(2)19(14-17-8-6-5-7-9-17)16-25-22(23)24-13-12-18-10-11-20(27-3)21(15-18)28-4/h5-11,15,19H,12-14,16H2,1-4H3,(H3,23,24,25). The van der Waals surface area contributed by atoms with Gasteiger partial charge < -0.3 is 25.4 Å². The number of rotatable bonds is 10. The molecule has 0 saturated carbocycles. The molecule has 2 rings (SSSR count). The molecule has 0 amide bonds. The molecule has 0 radical (unpaired) electrons. The zero-order chi connectivity index (χ0) is 20.4. The minimum atomic E-state index is 0.300. The lowest BCUT2D eigenvalue weighted by atomic mass is 10.1. The molecule has 2 aromatic rings. The number of nitrogens with zero attached hydrogens (tertiary/aromatic N) is 2. The molecule has 1 atom stereocenters. The third-order valence-electron chi connectivity index (χ3n) is 4.68. The van der Waals surface area contributed by atoms with Crippen LogP contribution in [0.1, 0.15) is 11.1 Å². The predicted molar refractivity (Wildman–Crippen MR) is 115 cm³/mol. The number of ether oxygens (including phenoxy) is 2. The highest BCUT2D eigenvalue weighted by molar-refractivity contribution is 5.77. The zero-order valence-electron chi connectivity index (χ0n) is 17.3. The van der Waals surface area contributed by atoms with Gasteiger partial charge in [0, 0.05) is 12.6 Å². The second kappa shape index (κ2) is 11.2. The largest absolute Gasteiger partial charge is 0.493 e. The SMILES string of the molecule is COc1ccc(CCNC(N)=NCC(Cc2ccccc2)N(C)C)cc1OC. The van der Waals surface area contributed by atoms with Gasteiger partial charge in [-0.1, -0.05) is 36.4 Å². The van der Waals surface area contributed by atoms with E-state index in [2.05, 4.69) is 53.6 Å². The van der Waals surface area contributed by atoms with E-state index in [4.69, 9.17) is 15.2 Å². The highest BCUT2D eigenvalue weighted by atomic mass is 16.5. The van der Waals surface area contributed by atoms with E-state index in [0.717, 1.165) is 29.9 Å². The maximum absolute atomic E-state index is 6.06. The number of hydrogen-bond donors (Lipinski definition) is 2. The van der Waals surface area contributed by atoms with Gasteiger partial charge in [0.1, 0.15) is 0 Å². The molecule has 0 saturated heterocycles. The molecular weight excluding hydrogens is 352 g/mol. The molecule has 0 spiro atoms. The van der Waals surface area contributed by atoms with Crippen molar-refractivity contribution in [2.24, 2.45) is 10.7 Å². The summed E-state index contributed by atoms with van der Waals surface area (Å²) in [5.74, 6) is 1.94. The zero-order valence-corrected chi connectivity index (χ0v) is 17.3. The number of methoxy groups -OCH3 is 2. The molecule has 28 heavy (non-hydrogen) atoms. The van der Waals surface area contributed by atoms with E-state index < -0.39 is 0 Å². The third-order valence-corrected chi connectivity index (χ3v) is 4.68. The normalized spacial score (nSPS) is 12.7. The van der Waals surface area contributed by atoms with E-state index in [1.54, 1.807) is 14.2 Å². The van der Waals surface area contributed by atoms with Gasteiger partial charge in [0.25, 0.3) is 0 Å². The number of nitrogens with two attached hydrogens (primary N) is 1. The molecular formula is C22H32N4O2. The summed E-state index contributed by atoms with van der Waals surface area (Å²) in [5, 5.41) is 3.19. The lowest BCUT2D eigenvalue weighted by Crippen LogP contribution is -2.37. The summed E-state index contributed by atoms with van der Waals surface area (Å²) in [6, 6.07) is 16.7. The Bertz CT molecular complexity index is 747. The molecule has 0 fully saturated rings. The Morgan fingerprint density at radius 1 is 1.04 bits per heavy atom. The van der Waals surface area contributed by atoms with Crippen molar-refractivity contribution < 1.29 is 9.47 Å². The lowest BCUT2D eigenvalue weighted by molar-refractivity contribution is 0.298. The number of guanidine groups is 1. The van der Waals surface area contributed by atoms with Gasteiger partial charge in [-0.3, -0.25) is 4.99 Å². The first-order valence-corrected chi connectivity index (χ1v) is 9.48. The van der Waals surface area contributed by atoms with E-state index in [1.807, 2.05) is 24.3 Å². The second-order valence-electron chi connectivity index (χ2n) is 6.90. The average molecular weight is 385 g/mol. The van der Waals surface area contributed by atoms with Gasteiger partial charge in [0.05, 0.1) is 20.8 Å². The van der Waals surface area contributed by atoms with Crippen LogP contribution in [0.15, 0.2) is 53.5 Å². The number of likely N-dealkylation sites (N-methyl/N-ethyl adjacent to an activating group) is 1. The van der Waals surface area contributed by atoms with Crippen LogP contribution in [0, 0.1) is 0 Å². The summed E-state index contributed by atoms with van der Waals surface area (Å²) >= 11 is 0. The van der Waals surface area contributed by atoms with Gasteiger partial charge in [0.2, 0.25) is 0 Å². The summed E-state index contributed by atoms with van der Waals surface area (Å²) in [4.78, 5) is 6.72. The van der Waals surface area contributed by atoms with Crippen LogP contribution in [0.3, 0.4) is 0 Å². The predicted octanol–water partition coefficient (Wildman–Crippen LogP) is 2.32. The molecule has 2 aromatic carbocycles. The Labute approximate surface area is 168 Å². The van der Waals surface area contributed by atoms with Crippen LogP contribution >= 0.6 is 0 Å². The summed E-state index contributed by atoms with van der Waals surface area (Å²) in [6.45, 7) is 1.35. The smallest absolute Gasteiger partial charge is 0.188 e. The van der Waals surface area contributed by atoms with Crippen LogP contribution < -0.4 is 20.5 Å². The number of hydrogen-bond acceptors (Lipinski definition) is 4. The Balaban J connectivity index is 1.84. The Kier molecular flexibility index (Phi) is 8.62. The number of benzene rings is 2. The van der Waals surface area contributed by atoms with Crippen molar-refractivity contribution in [2.45, 2.75) is 18.9 Å². The summed E-state index contributed by atoms with van der Waals surface area (Å²) in [7, 11) is 7.42. The average Bonchev–Trinajstić information content (AvgIpc) is 2.71. The second-order valence-corrected chi connectivity index (χ2v) is 6.90. The van der Waals surface area contributed by atoms with Gasteiger partial charge >= 0.3 is 0 Å². The molecule has 152 valence electrons. The van der Waals surface area contributed by atoms with Gasteiger partial charge in [0.15, 0.2) is 17.5 Å². The molecule has 0 aromatic heterocycles. The highest BCUT2D eigenvalue weighted by Gasteiger charge is 2.12. The molecule has 0 aliphatic heterocycles. The topological polar surface area (TPSA) is 72.1 Å². The molecule has 0 aliphatic carbocycles. The molecule has 0 bridgehead atoms. The van der Waals surface area contributed by atoms with E-state index in [9.17, 15) is 0 Å². The van der Waals surface area contributed by atoms with Crippen LogP contribution in [-0.2, 0) is 12.8 Å². The fraction of sp³-hybridized carbons (Fsp3) is 0.409. The Morgan fingerprint density at radius 3 is 2.39 bits per heavy atom. The minimum Gasteiger partial charge on any atom is -0.493 e. The molecule has 3 N–H and O–H groups in total. The first-order valence-electron chi connectivity index (χ1n) is 9.48. The van der Waals surface area contributed by atoms with Crippen molar-refractivity contribution in [3.63, 3.8) is 0 Å². The van der Waals surface area contributed by atoms with Gasteiger partial charge in [-0.25, -0.2) is 0 Å². The van der Waals surface area contributed by atoms with Gasteiger partial charge in [-0.15, -0.1) is 0 Å².